The molecule has 7 nitrogen and oxygen atoms in total. The Morgan fingerprint density at radius 2 is 2.10 bits per heavy atom. The molecule has 104 valence electrons. The molecule has 0 saturated heterocycles. The van der Waals surface area contributed by atoms with Crippen LogP contribution in [0.4, 0.5) is 5.13 Å². The molecule has 20 heavy (non-hydrogen) atoms. The van der Waals surface area contributed by atoms with Crippen LogP contribution >= 0.6 is 11.3 Å². The van der Waals surface area contributed by atoms with Crippen molar-refractivity contribution in [3.8, 4) is 0 Å². The summed E-state index contributed by atoms with van der Waals surface area (Å²) < 4.78 is 0. The van der Waals surface area contributed by atoms with E-state index in [1.165, 1.54) is 23.7 Å². The Balaban J connectivity index is 2.01. The number of carbonyl (C=O) groups is 2. The Hall–Kier alpha value is -2.35. The Kier molecular flexibility index (Phi) is 4.36. The second-order valence-corrected chi connectivity index (χ2v) is 4.85. The SMILES string of the molecule is CNC(=O)Cc1csc(NC(=O)c2cnc(C)cn2)n1. The number of hydrogen-bond donors (Lipinski definition) is 2. The molecule has 8 heteroatoms. The molecule has 0 unspecified atom stereocenters. The molecule has 0 bridgehead atoms. The number of hydrogen-bond acceptors (Lipinski definition) is 6. The van der Waals surface area contributed by atoms with Crippen molar-refractivity contribution in [3.05, 3.63) is 34.9 Å². The van der Waals surface area contributed by atoms with Crippen molar-refractivity contribution < 1.29 is 9.59 Å². The molecule has 0 aliphatic rings. The molecule has 2 amide bonds. The summed E-state index contributed by atoms with van der Waals surface area (Å²) in [5.41, 5.74) is 1.57. The first kappa shape index (κ1) is 14.1. The monoisotopic (exact) mass is 291 g/mol. The lowest BCUT2D eigenvalue weighted by Crippen LogP contribution is -2.20. The fourth-order valence-corrected chi connectivity index (χ4v) is 2.07. The zero-order valence-electron chi connectivity index (χ0n) is 11.0. The minimum Gasteiger partial charge on any atom is -0.359 e. The van der Waals surface area contributed by atoms with E-state index in [2.05, 4.69) is 25.6 Å². The highest BCUT2D eigenvalue weighted by atomic mass is 32.1. The summed E-state index contributed by atoms with van der Waals surface area (Å²) in [5.74, 6) is -0.504. The maximum Gasteiger partial charge on any atom is 0.277 e. The van der Waals surface area contributed by atoms with Crippen molar-refractivity contribution in [2.75, 3.05) is 12.4 Å². The molecule has 2 rings (SSSR count). The lowest BCUT2D eigenvalue weighted by molar-refractivity contribution is -0.120. The first-order valence-electron chi connectivity index (χ1n) is 5.83. The summed E-state index contributed by atoms with van der Waals surface area (Å²) >= 11 is 1.26. The largest absolute Gasteiger partial charge is 0.359 e. The molecule has 0 aliphatic heterocycles. The number of aromatic nitrogens is 3. The maximum absolute atomic E-state index is 11.9. The van der Waals surface area contributed by atoms with Crippen molar-refractivity contribution in [2.24, 2.45) is 0 Å². The van der Waals surface area contributed by atoms with Gasteiger partial charge in [0.2, 0.25) is 5.91 Å². The van der Waals surface area contributed by atoms with E-state index < -0.39 is 0 Å². The number of nitrogens with one attached hydrogen (secondary N) is 2. The number of amides is 2. The molecule has 0 saturated carbocycles. The topological polar surface area (TPSA) is 96.9 Å². The van der Waals surface area contributed by atoms with E-state index >= 15 is 0 Å². The number of rotatable bonds is 4. The fourth-order valence-electron chi connectivity index (χ4n) is 1.37. The Morgan fingerprint density at radius 3 is 2.75 bits per heavy atom. The van der Waals surface area contributed by atoms with Gasteiger partial charge < -0.3 is 5.32 Å². The number of aryl methyl sites for hydroxylation is 1. The summed E-state index contributed by atoms with van der Waals surface area (Å²) in [5, 5.41) is 7.29. The molecular formula is C12H13N5O2S. The van der Waals surface area contributed by atoms with Crippen LogP contribution in [0.25, 0.3) is 0 Å². The lowest BCUT2D eigenvalue weighted by atomic mass is 10.3. The Morgan fingerprint density at radius 1 is 1.30 bits per heavy atom. The quantitative estimate of drug-likeness (QED) is 0.867. The molecule has 0 radical (unpaired) electrons. The van der Waals surface area contributed by atoms with Gasteiger partial charge in [0.1, 0.15) is 5.69 Å². The smallest absolute Gasteiger partial charge is 0.277 e. The van der Waals surface area contributed by atoms with E-state index in [-0.39, 0.29) is 23.9 Å². The number of anilines is 1. The summed E-state index contributed by atoms with van der Waals surface area (Å²) in [6.07, 6.45) is 3.12. The molecular weight excluding hydrogens is 278 g/mol. The zero-order chi connectivity index (χ0) is 14.5. The van der Waals surface area contributed by atoms with Crippen LogP contribution in [0.3, 0.4) is 0 Å². The van der Waals surface area contributed by atoms with Gasteiger partial charge >= 0.3 is 0 Å². The van der Waals surface area contributed by atoms with E-state index in [1.54, 1.807) is 19.4 Å². The second-order valence-electron chi connectivity index (χ2n) is 3.99. The van der Waals surface area contributed by atoms with E-state index in [9.17, 15) is 9.59 Å². The minimum absolute atomic E-state index is 0.127. The van der Waals surface area contributed by atoms with Crippen LogP contribution in [0.2, 0.25) is 0 Å². The molecule has 0 spiro atoms. The summed E-state index contributed by atoms with van der Waals surface area (Å²) in [7, 11) is 1.56. The molecule has 2 aromatic rings. The first-order valence-corrected chi connectivity index (χ1v) is 6.71. The van der Waals surface area contributed by atoms with Gasteiger partial charge in [0.15, 0.2) is 5.13 Å². The predicted molar refractivity (Wildman–Crippen MR) is 74.6 cm³/mol. The van der Waals surface area contributed by atoms with E-state index in [0.29, 0.717) is 10.8 Å². The molecule has 0 atom stereocenters. The fraction of sp³-hybridized carbons (Fsp3) is 0.250. The third-order valence-electron chi connectivity index (χ3n) is 2.41. The standard InChI is InChI=1S/C12H13N5O2S/c1-7-4-15-9(5-14-7)11(19)17-12-16-8(6-20-12)3-10(18)13-2/h4-6H,3H2,1-2H3,(H,13,18)(H,16,17,19). The number of thiazole rings is 1. The van der Waals surface area contributed by atoms with E-state index in [0.717, 1.165) is 5.69 Å². The highest BCUT2D eigenvalue weighted by molar-refractivity contribution is 7.14. The van der Waals surface area contributed by atoms with Crippen molar-refractivity contribution >= 4 is 28.3 Å². The van der Waals surface area contributed by atoms with Crippen molar-refractivity contribution in [3.63, 3.8) is 0 Å². The van der Waals surface area contributed by atoms with Crippen LogP contribution in [-0.2, 0) is 11.2 Å². The molecule has 2 aromatic heterocycles. The number of likely N-dealkylation sites (N-methyl/N-ethyl adjacent to an activating group) is 1. The molecule has 0 fully saturated rings. The van der Waals surface area contributed by atoms with Gasteiger partial charge in [0, 0.05) is 18.6 Å². The summed E-state index contributed by atoms with van der Waals surface area (Å²) in [6.45, 7) is 1.79. The van der Waals surface area contributed by atoms with Crippen LogP contribution < -0.4 is 10.6 Å². The average molecular weight is 291 g/mol. The first-order chi connectivity index (χ1) is 9.58. The summed E-state index contributed by atoms with van der Waals surface area (Å²) in [4.78, 5) is 35.2. The van der Waals surface area contributed by atoms with E-state index in [4.69, 9.17) is 0 Å². The Labute approximate surface area is 119 Å². The van der Waals surface area contributed by atoms with Crippen molar-refractivity contribution in [2.45, 2.75) is 13.3 Å². The van der Waals surface area contributed by atoms with Crippen LogP contribution in [-0.4, -0.2) is 33.8 Å². The zero-order valence-corrected chi connectivity index (χ0v) is 11.8. The summed E-state index contributed by atoms with van der Waals surface area (Å²) in [6, 6.07) is 0. The third kappa shape index (κ3) is 3.58. The maximum atomic E-state index is 11.9. The van der Waals surface area contributed by atoms with Gasteiger partial charge in [0.05, 0.1) is 24.0 Å². The van der Waals surface area contributed by atoms with Gasteiger partial charge in [-0.05, 0) is 6.92 Å². The van der Waals surface area contributed by atoms with Crippen molar-refractivity contribution in [1.82, 2.24) is 20.3 Å². The Bertz CT molecular complexity index is 623. The van der Waals surface area contributed by atoms with Gasteiger partial charge in [-0.15, -0.1) is 11.3 Å². The number of nitrogens with zero attached hydrogens (tertiary/aromatic N) is 3. The molecule has 0 aromatic carbocycles. The average Bonchev–Trinajstić information content (AvgIpc) is 2.86. The third-order valence-corrected chi connectivity index (χ3v) is 3.21. The predicted octanol–water partition coefficient (Wildman–Crippen LogP) is 0.782. The highest BCUT2D eigenvalue weighted by Gasteiger charge is 2.11. The van der Waals surface area contributed by atoms with Crippen LogP contribution in [0.5, 0.6) is 0 Å². The lowest BCUT2D eigenvalue weighted by Gasteiger charge is -2.00. The van der Waals surface area contributed by atoms with Crippen LogP contribution in [0.15, 0.2) is 17.8 Å². The van der Waals surface area contributed by atoms with Gasteiger partial charge in [-0.3, -0.25) is 19.9 Å². The number of carbonyl (C=O) groups excluding carboxylic acids is 2. The molecule has 2 N–H and O–H groups in total. The van der Waals surface area contributed by atoms with Gasteiger partial charge in [0.25, 0.3) is 5.91 Å². The van der Waals surface area contributed by atoms with Gasteiger partial charge in [-0.25, -0.2) is 9.97 Å². The highest BCUT2D eigenvalue weighted by Crippen LogP contribution is 2.16. The van der Waals surface area contributed by atoms with Crippen molar-refractivity contribution in [1.29, 1.82) is 0 Å². The minimum atomic E-state index is -0.377. The van der Waals surface area contributed by atoms with Gasteiger partial charge in [-0.1, -0.05) is 0 Å². The normalized spacial score (nSPS) is 10.1. The molecule has 0 aliphatic carbocycles. The van der Waals surface area contributed by atoms with Crippen LogP contribution in [0.1, 0.15) is 21.9 Å². The van der Waals surface area contributed by atoms with Gasteiger partial charge in [-0.2, -0.15) is 0 Å². The van der Waals surface area contributed by atoms with E-state index in [1.807, 2.05) is 0 Å². The second kappa shape index (κ2) is 6.20. The molecule has 2 heterocycles. The van der Waals surface area contributed by atoms with Crippen LogP contribution in [0, 0.1) is 6.92 Å².